The van der Waals surface area contributed by atoms with Gasteiger partial charge in [-0.2, -0.15) is 0 Å². The molecule has 3 nitrogen and oxygen atoms in total. The number of hydrogen-bond donors (Lipinski definition) is 1. The van der Waals surface area contributed by atoms with Crippen LogP contribution in [0.5, 0.6) is 0 Å². The van der Waals surface area contributed by atoms with Crippen LogP contribution in [-0.2, 0) is 0 Å². The van der Waals surface area contributed by atoms with Gasteiger partial charge in [0.15, 0.2) is 0 Å². The molecule has 1 atom stereocenters. The molecule has 21 heavy (non-hydrogen) atoms. The average molecular weight is 281 g/mol. The lowest BCUT2D eigenvalue weighted by Gasteiger charge is -2.30. The van der Waals surface area contributed by atoms with Crippen molar-refractivity contribution in [2.24, 2.45) is 5.92 Å². The Bertz CT molecular complexity index is 646. The summed E-state index contributed by atoms with van der Waals surface area (Å²) in [6.45, 7) is 1.16. The molecule has 0 radical (unpaired) electrons. The van der Waals surface area contributed by atoms with Crippen LogP contribution in [0, 0.1) is 5.92 Å². The monoisotopic (exact) mass is 281 g/mol. The highest BCUT2D eigenvalue weighted by Gasteiger charge is 2.33. The predicted molar refractivity (Wildman–Crippen MR) is 88.5 cm³/mol. The van der Waals surface area contributed by atoms with Crippen LogP contribution in [0.1, 0.15) is 38.5 Å². The highest BCUT2D eigenvalue weighted by molar-refractivity contribution is 5.83. The van der Waals surface area contributed by atoms with Crippen LogP contribution in [0.15, 0.2) is 30.3 Å². The predicted octanol–water partition coefficient (Wildman–Crippen LogP) is 3.98. The molecule has 2 N–H and O–H groups in total. The number of nitrogens with zero attached hydrogens (tertiary/aromatic N) is 2. The maximum Gasteiger partial charge on any atom is 0.129 e. The van der Waals surface area contributed by atoms with Crippen molar-refractivity contribution in [2.45, 2.75) is 44.6 Å². The summed E-state index contributed by atoms with van der Waals surface area (Å²) in [5.74, 6) is 2.04. The number of benzene rings is 1. The molecule has 2 heterocycles. The van der Waals surface area contributed by atoms with Gasteiger partial charge in [0.1, 0.15) is 5.82 Å². The molecule has 1 saturated carbocycles. The fourth-order valence-corrected chi connectivity index (χ4v) is 4.20. The van der Waals surface area contributed by atoms with E-state index in [1.54, 1.807) is 0 Å². The van der Waals surface area contributed by atoms with Crippen molar-refractivity contribution in [2.75, 3.05) is 17.2 Å². The minimum atomic E-state index is 0.714. The lowest BCUT2D eigenvalue weighted by atomic mass is 9.96. The normalized spacial score (nSPS) is 23.2. The van der Waals surface area contributed by atoms with Crippen molar-refractivity contribution in [3.63, 3.8) is 0 Å². The van der Waals surface area contributed by atoms with E-state index in [2.05, 4.69) is 17.0 Å². The summed E-state index contributed by atoms with van der Waals surface area (Å²) in [5.41, 5.74) is 7.71. The van der Waals surface area contributed by atoms with E-state index < -0.39 is 0 Å². The number of anilines is 2. The first-order valence-electron chi connectivity index (χ1n) is 8.24. The highest BCUT2D eigenvalue weighted by atomic mass is 15.2. The molecule has 1 aromatic heterocycles. The maximum absolute atomic E-state index is 5.85. The van der Waals surface area contributed by atoms with Crippen LogP contribution < -0.4 is 10.6 Å². The number of hydrogen-bond acceptors (Lipinski definition) is 3. The highest BCUT2D eigenvalue weighted by Crippen LogP contribution is 2.37. The zero-order valence-electron chi connectivity index (χ0n) is 12.5. The molecular formula is C18H23N3. The van der Waals surface area contributed by atoms with Gasteiger partial charge < -0.3 is 10.6 Å². The summed E-state index contributed by atoms with van der Waals surface area (Å²) >= 11 is 0. The zero-order valence-corrected chi connectivity index (χ0v) is 12.5. The Morgan fingerprint density at radius 1 is 1.00 bits per heavy atom. The minimum absolute atomic E-state index is 0.714. The Kier molecular flexibility index (Phi) is 3.21. The molecule has 1 aliphatic heterocycles. The van der Waals surface area contributed by atoms with E-state index in [1.165, 1.54) is 38.5 Å². The molecule has 1 aromatic carbocycles. The van der Waals surface area contributed by atoms with Gasteiger partial charge in [-0.1, -0.05) is 12.8 Å². The van der Waals surface area contributed by atoms with Crippen molar-refractivity contribution in [1.29, 1.82) is 0 Å². The largest absolute Gasteiger partial charge is 0.399 e. The van der Waals surface area contributed by atoms with Gasteiger partial charge in [0.25, 0.3) is 0 Å². The van der Waals surface area contributed by atoms with E-state index in [4.69, 9.17) is 10.7 Å². The van der Waals surface area contributed by atoms with Gasteiger partial charge in [0.2, 0.25) is 0 Å². The third kappa shape index (κ3) is 2.35. The third-order valence-corrected chi connectivity index (χ3v) is 5.24. The molecule has 0 amide bonds. The van der Waals surface area contributed by atoms with E-state index >= 15 is 0 Å². The molecular weight excluding hydrogens is 258 g/mol. The average Bonchev–Trinajstić information content (AvgIpc) is 3.17. The van der Waals surface area contributed by atoms with Crippen molar-refractivity contribution < 1.29 is 0 Å². The summed E-state index contributed by atoms with van der Waals surface area (Å²) in [6, 6.07) is 11.0. The van der Waals surface area contributed by atoms with Gasteiger partial charge in [-0.15, -0.1) is 0 Å². The number of pyridine rings is 1. The SMILES string of the molecule is Nc1ccc2nc(N3CCCC3C3CCCC3)ccc2c1. The van der Waals surface area contributed by atoms with Crippen molar-refractivity contribution in [3.8, 4) is 0 Å². The van der Waals surface area contributed by atoms with E-state index in [9.17, 15) is 0 Å². The summed E-state index contributed by atoms with van der Waals surface area (Å²) in [7, 11) is 0. The summed E-state index contributed by atoms with van der Waals surface area (Å²) in [5, 5.41) is 1.13. The van der Waals surface area contributed by atoms with Gasteiger partial charge >= 0.3 is 0 Å². The Morgan fingerprint density at radius 2 is 1.86 bits per heavy atom. The zero-order chi connectivity index (χ0) is 14.2. The van der Waals surface area contributed by atoms with Crippen LogP contribution in [0.25, 0.3) is 10.9 Å². The molecule has 1 unspecified atom stereocenters. The quantitative estimate of drug-likeness (QED) is 0.847. The smallest absolute Gasteiger partial charge is 0.129 e. The Balaban J connectivity index is 1.66. The molecule has 1 aliphatic carbocycles. The van der Waals surface area contributed by atoms with Gasteiger partial charge in [0.05, 0.1) is 5.52 Å². The van der Waals surface area contributed by atoms with Crippen LogP contribution in [-0.4, -0.2) is 17.6 Å². The van der Waals surface area contributed by atoms with Crippen molar-refractivity contribution in [1.82, 2.24) is 4.98 Å². The van der Waals surface area contributed by atoms with Gasteiger partial charge in [-0.25, -0.2) is 4.98 Å². The van der Waals surface area contributed by atoms with Crippen LogP contribution in [0.4, 0.5) is 11.5 Å². The van der Waals surface area contributed by atoms with Gasteiger partial charge in [-0.05, 0) is 61.9 Å². The first-order valence-corrected chi connectivity index (χ1v) is 8.24. The second kappa shape index (κ2) is 5.21. The van der Waals surface area contributed by atoms with E-state index in [-0.39, 0.29) is 0 Å². The summed E-state index contributed by atoms with van der Waals surface area (Å²) < 4.78 is 0. The standard InChI is InChI=1S/C18H23N3/c19-15-8-9-16-14(12-15)7-10-18(20-16)21-11-3-6-17(21)13-4-1-2-5-13/h7-10,12-13,17H,1-6,11,19H2. The number of rotatable bonds is 2. The van der Waals surface area contributed by atoms with Gasteiger partial charge in [-0.3, -0.25) is 0 Å². The summed E-state index contributed by atoms with van der Waals surface area (Å²) in [6.07, 6.45) is 8.30. The first kappa shape index (κ1) is 12.9. The van der Waals surface area contributed by atoms with Crippen LogP contribution >= 0.6 is 0 Å². The lowest BCUT2D eigenvalue weighted by molar-refractivity contribution is 0.429. The first-order chi connectivity index (χ1) is 10.3. The Labute approximate surface area is 126 Å². The van der Waals surface area contributed by atoms with Crippen molar-refractivity contribution >= 4 is 22.4 Å². The van der Waals surface area contributed by atoms with Crippen LogP contribution in [0.3, 0.4) is 0 Å². The number of fused-ring (bicyclic) bond motifs is 1. The molecule has 1 saturated heterocycles. The molecule has 0 spiro atoms. The van der Waals surface area contributed by atoms with E-state index in [1.807, 2.05) is 18.2 Å². The fraction of sp³-hybridized carbons (Fsp3) is 0.500. The molecule has 2 aliphatic rings. The van der Waals surface area contributed by atoms with E-state index in [0.29, 0.717) is 6.04 Å². The molecule has 2 aromatic rings. The second-order valence-electron chi connectivity index (χ2n) is 6.57. The molecule has 110 valence electrons. The molecule has 0 bridgehead atoms. The fourth-order valence-electron chi connectivity index (χ4n) is 4.20. The Morgan fingerprint density at radius 3 is 2.71 bits per heavy atom. The van der Waals surface area contributed by atoms with Crippen molar-refractivity contribution in [3.05, 3.63) is 30.3 Å². The number of aromatic nitrogens is 1. The summed E-state index contributed by atoms with van der Waals surface area (Å²) in [4.78, 5) is 7.45. The topological polar surface area (TPSA) is 42.1 Å². The van der Waals surface area contributed by atoms with Gasteiger partial charge in [0, 0.05) is 23.7 Å². The lowest BCUT2D eigenvalue weighted by Crippen LogP contribution is -2.35. The Hall–Kier alpha value is -1.77. The maximum atomic E-state index is 5.85. The van der Waals surface area contributed by atoms with E-state index in [0.717, 1.165) is 34.9 Å². The number of nitrogen functional groups attached to an aromatic ring is 1. The molecule has 2 fully saturated rings. The minimum Gasteiger partial charge on any atom is -0.399 e. The third-order valence-electron chi connectivity index (χ3n) is 5.24. The van der Waals surface area contributed by atoms with Crippen LogP contribution in [0.2, 0.25) is 0 Å². The number of nitrogens with two attached hydrogens (primary N) is 1. The molecule has 4 rings (SSSR count). The molecule has 3 heteroatoms. The second-order valence-corrected chi connectivity index (χ2v) is 6.57.